The minimum Gasteiger partial charge on any atom is -0.313 e. The van der Waals surface area contributed by atoms with Gasteiger partial charge in [0.1, 0.15) is 0 Å². The summed E-state index contributed by atoms with van der Waals surface area (Å²) in [6, 6.07) is 6.13. The third-order valence-corrected chi connectivity index (χ3v) is 5.22. The molecule has 1 rings (SSSR count). The average molecular weight is 320 g/mol. The summed E-state index contributed by atoms with van der Waals surface area (Å²) in [5.74, 6) is 1.10. The van der Waals surface area contributed by atoms with Crippen molar-refractivity contribution >= 4 is 35.0 Å². The standard InChI is InChI=1S/C15H23Cl2NS/c1-4-11(3)19-10-14(18-5-2)9-12-8-13(16)6-7-15(12)17/h6-8,11,14,18H,4-5,9-10H2,1-3H3. The van der Waals surface area contributed by atoms with E-state index in [1.54, 1.807) is 0 Å². The number of halogens is 2. The van der Waals surface area contributed by atoms with Crippen molar-refractivity contribution in [2.75, 3.05) is 12.3 Å². The Morgan fingerprint density at radius 2 is 2.00 bits per heavy atom. The lowest BCUT2D eigenvalue weighted by molar-refractivity contribution is 0.572. The molecule has 0 fully saturated rings. The van der Waals surface area contributed by atoms with E-state index in [4.69, 9.17) is 23.2 Å². The molecular formula is C15H23Cl2NS. The van der Waals surface area contributed by atoms with Crippen molar-refractivity contribution < 1.29 is 0 Å². The molecule has 0 spiro atoms. The van der Waals surface area contributed by atoms with Gasteiger partial charge in [0.2, 0.25) is 0 Å². The van der Waals surface area contributed by atoms with Gasteiger partial charge in [0, 0.05) is 27.1 Å². The van der Waals surface area contributed by atoms with E-state index in [0.717, 1.165) is 34.3 Å². The zero-order valence-electron chi connectivity index (χ0n) is 11.9. The van der Waals surface area contributed by atoms with Gasteiger partial charge in [0.05, 0.1) is 0 Å². The Morgan fingerprint density at radius 1 is 1.26 bits per heavy atom. The van der Waals surface area contributed by atoms with Crippen molar-refractivity contribution in [3.63, 3.8) is 0 Å². The van der Waals surface area contributed by atoms with E-state index in [1.165, 1.54) is 6.42 Å². The van der Waals surface area contributed by atoms with Gasteiger partial charge in [-0.2, -0.15) is 11.8 Å². The second kappa shape index (κ2) is 9.12. The average Bonchev–Trinajstić information content (AvgIpc) is 2.40. The van der Waals surface area contributed by atoms with Crippen molar-refractivity contribution in [3.8, 4) is 0 Å². The first-order valence-corrected chi connectivity index (χ1v) is 8.66. The molecule has 1 N–H and O–H groups in total. The zero-order chi connectivity index (χ0) is 14.3. The maximum absolute atomic E-state index is 6.24. The quantitative estimate of drug-likeness (QED) is 0.720. The van der Waals surface area contributed by atoms with E-state index < -0.39 is 0 Å². The molecule has 0 aliphatic rings. The van der Waals surface area contributed by atoms with E-state index in [1.807, 2.05) is 30.0 Å². The molecule has 1 nitrogen and oxygen atoms in total. The third-order valence-electron chi connectivity index (χ3n) is 3.12. The monoisotopic (exact) mass is 319 g/mol. The predicted octanol–water partition coefficient (Wildman–Crippen LogP) is 5.05. The van der Waals surface area contributed by atoms with Gasteiger partial charge in [-0.15, -0.1) is 0 Å². The summed E-state index contributed by atoms with van der Waals surface area (Å²) in [6.07, 6.45) is 2.14. The van der Waals surface area contributed by atoms with Crippen LogP contribution >= 0.6 is 35.0 Å². The number of rotatable bonds is 8. The molecular weight excluding hydrogens is 297 g/mol. The zero-order valence-corrected chi connectivity index (χ0v) is 14.2. The van der Waals surface area contributed by atoms with E-state index in [0.29, 0.717) is 11.3 Å². The number of likely N-dealkylation sites (N-methyl/N-ethyl adjacent to an activating group) is 1. The van der Waals surface area contributed by atoms with Gasteiger partial charge in [-0.1, -0.05) is 44.0 Å². The number of benzene rings is 1. The van der Waals surface area contributed by atoms with Gasteiger partial charge >= 0.3 is 0 Å². The second-order valence-electron chi connectivity index (χ2n) is 4.75. The molecule has 0 aliphatic heterocycles. The van der Waals surface area contributed by atoms with Crippen molar-refractivity contribution in [1.29, 1.82) is 0 Å². The summed E-state index contributed by atoms with van der Waals surface area (Å²) < 4.78 is 0. The highest BCUT2D eigenvalue weighted by atomic mass is 35.5. The van der Waals surface area contributed by atoms with Crippen LogP contribution in [0.15, 0.2) is 18.2 Å². The van der Waals surface area contributed by atoms with Crippen LogP contribution in [0.3, 0.4) is 0 Å². The molecule has 0 saturated heterocycles. The van der Waals surface area contributed by atoms with Crippen LogP contribution in [0.2, 0.25) is 10.0 Å². The molecule has 108 valence electrons. The molecule has 0 radical (unpaired) electrons. The highest BCUT2D eigenvalue weighted by molar-refractivity contribution is 7.99. The van der Waals surface area contributed by atoms with Gasteiger partial charge < -0.3 is 5.32 Å². The van der Waals surface area contributed by atoms with Gasteiger partial charge in [-0.05, 0) is 43.1 Å². The summed E-state index contributed by atoms with van der Waals surface area (Å²) in [4.78, 5) is 0. The van der Waals surface area contributed by atoms with Crippen molar-refractivity contribution in [1.82, 2.24) is 5.32 Å². The molecule has 0 aliphatic carbocycles. The summed E-state index contributed by atoms with van der Waals surface area (Å²) in [5.41, 5.74) is 1.13. The van der Waals surface area contributed by atoms with Crippen LogP contribution in [0, 0.1) is 0 Å². The van der Waals surface area contributed by atoms with E-state index in [9.17, 15) is 0 Å². The molecule has 2 unspecified atom stereocenters. The number of hydrogen-bond donors (Lipinski definition) is 1. The van der Waals surface area contributed by atoms with Gasteiger partial charge in [-0.25, -0.2) is 0 Å². The summed E-state index contributed by atoms with van der Waals surface area (Å²) in [6.45, 7) is 7.62. The second-order valence-corrected chi connectivity index (χ2v) is 7.06. The minimum atomic E-state index is 0.444. The number of hydrogen-bond acceptors (Lipinski definition) is 2. The van der Waals surface area contributed by atoms with Crippen molar-refractivity contribution in [2.45, 2.75) is 44.9 Å². The molecule has 1 aromatic rings. The maximum atomic E-state index is 6.24. The smallest absolute Gasteiger partial charge is 0.0439 e. The Kier molecular flexibility index (Phi) is 8.24. The summed E-state index contributed by atoms with van der Waals surface area (Å²) in [7, 11) is 0. The fourth-order valence-corrected chi connectivity index (χ4v) is 3.26. The Hall–Kier alpha value is 0.110. The molecule has 0 saturated carbocycles. The summed E-state index contributed by atoms with van der Waals surface area (Å²) in [5, 5.41) is 5.80. The number of nitrogens with one attached hydrogen (secondary N) is 1. The predicted molar refractivity (Wildman–Crippen MR) is 89.8 cm³/mol. The summed E-state index contributed by atoms with van der Waals surface area (Å²) >= 11 is 14.3. The fourth-order valence-electron chi connectivity index (χ4n) is 1.84. The van der Waals surface area contributed by atoms with E-state index in [-0.39, 0.29) is 0 Å². The lowest BCUT2D eigenvalue weighted by atomic mass is 10.1. The first-order valence-electron chi connectivity index (χ1n) is 6.85. The topological polar surface area (TPSA) is 12.0 Å². The Labute approximate surface area is 131 Å². The number of thioether (sulfide) groups is 1. The Balaban J connectivity index is 2.63. The van der Waals surface area contributed by atoms with Gasteiger partial charge in [-0.3, -0.25) is 0 Å². The lowest BCUT2D eigenvalue weighted by Gasteiger charge is -2.20. The Morgan fingerprint density at radius 3 is 2.63 bits per heavy atom. The molecule has 0 amide bonds. The molecule has 0 bridgehead atoms. The molecule has 0 heterocycles. The van der Waals surface area contributed by atoms with Gasteiger partial charge in [0.15, 0.2) is 0 Å². The van der Waals surface area contributed by atoms with Crippen LogP contribution in [-0.4, -0.2) is 23.6 Å². The van der Waals surface area contributed by atoms with Gasteiger partial charge in [0.25, 0.3) is 0 Å². The third kappa shape index (κ3) is 6.40. The van der Waals surface area contributed by atoms with Crippen LogP contribution in [0.5, 0.6) is 0 Å². The highest BCUT2D eigenvalue weighted by Gasteiger charge is 2.13. The van der Waals surface area contributed by atoms with Crippen LogP contribution in [0.25, 0.3) is 0 Å². The molecule has 4 heteroatoms. The first-order chi connectivity index (χ1) is 9.06. The van der Waals surface area contributed by atoms with Crippen LogP contribution in [0.4, 0.5) is 0 Å². The minimum absolute atomic E-state index is 0.444. The SMILES string of the molecule is CCNC(CSC(C)CC)Cc1cc(Cl)ccc1Cl. The van der Waals surface area contributed by atoms with E-state index in [2.05, 4.69) is 26.1 Å². The molecule has 19 heavy (non-hydrogen) atoms. The highest BCUT2D eigenvalue weighted by Crippen LogP contribution is 2.23. The first kappa shape index (κ1) is 17.2. The fraction of sp³-hybridized carbons (Fsp3) is 0.600. The molecule has 0 aromatic heterocycles. The van der Waals surface area contributed by atoms with E-state index >= 15 is 0 Å². The van der Waals surface area contributed by atoms with Crippen LogP contribution < -0.4 is 5.32 Å². The molecule has 2 atom stereocenters. The normalized spacial score (nSPS) is 14.4. The van der Waals surface area contributed by atoms with Crippen molar-refractivity contribution in [2.24, 2.45) is 0 Å². The van der Waals surface area contributed by atoms with Crippen molar-refractivity contribution in [3.05, 3.63) is 33.8 Å². The Bertz CT molecular complexity index is 384. The van der Waals surface area contributed by atoms with Crippen LogP contribution in [0.1, 0.15) is 32.8 Å². The largest absolute Gasteiger partial charge is 0.313 e. The van der Waals surface area contributed by atoms with Crippen LogP contribution in [-0.2, 0) is 6.42 Å². The lowest BCUT2D eigenvalue weighted by Crippen LogP contribution is -2.33. The molecule has 1 aromatic carbocycles. The maximum Gasteiger partial charge on any atom is 0.0439 e.